The van der Waals surface area contributed by atoms with Gasteiger partial charge in [-0.15, -0.1) is 24.8 Å². The minimum absolute atomic E-state index is 0. The molecular formula is C8H14Cl2F2N4O. The van der Waals surface area contributed by atoms with Crippen molar-refractivity contribution in [2.24, 2.45) is 5.73 Å². The van der Waals surface area contributed by atoms with Crippen LogP contribution >= 0.6 is 24.8 Å². The minimum Gasteiger partial charge on any atom is -0.348 e. The van der Waals surface area contributed by atoms with E-state index in [0.717, 1.165) is 0 Å². The van der Waals surface area contributed by atoms with E-state index in [1.54, 1.807) is 12.3 Å². The van der Waals surface area contributed by atoms with Gasteiger partial charge < -0.3 is 11.1 Å². The molecule has 0 fully saturated rings. The number of rotatable bonds is 5. The number of aromatic nitrogens is 2. The molecule has 0 unspecified atom stereocenters. The summed E-state index contributed by atoms with van der Waals surface area (Å²) in [5, 5.41) is 5.85. The Morgan fingerprint density at radius 1 is 1.47 bits per heavy atom. The molecular weight excluding hydrogens is 277 g/mol. The molecule has 1 amide bonds. The standard InChI is InChI=1S/C8H12F2N4O.2ClH/c9-8(10,5-11)6-12-7(15)4-14-3-1-2-13-14;;/h1-3H,4-6,11H2,(H,12,15);2*1H. The third kappa shape index (κ3) is 7.09. The van der Waals surface area contributed by atoms with Gasteiger partial charge >= 0.3 is 0 Å². The summed E-state index contributed by atoms with van der Waals surface area (Å²) in [4.78, 5) is 11.1. The normalized spacial score (nSPS) is 10.1. The first-order valence-electron chi connectivity index (χ1n) is 4.35. The van der Waals surface area contributed by atoms with Gasteiger partial charge in [0, 0.05) is 12.4 Å². The lowest BCUT2D eigenvalue weighted by Gasteiger charge is -2.14. The lowest BCUT2D eigenvalue weighted by molar-refractivity contribution is -0.123. The predicted octanol–water partition coefficient (Wildman–Crippen LogP) is 0.437. The summed E-state index contributed by atoms with van der Waals surface area (Å²) in [7, 11) is 0. The Kier molecular flexibility index (Phi) is 8.91. The number of alkyl halides is 2. The molecule has 100 valence electrons. The summed E-state index contributed by atoms with van der Waals surface area (Å²) in [6, 6.07) is 1.64. The first-order valence-corrected chi connectivity index (χ1v) is 4.35. The number of carbonyl (C=O) groups excluding carboxylic acids is 1. The van der Waals surface area contributed by atoms with Gasteiger partial charge in [-0.25, -0.2) is 8.78 Å². The van der Waals surface area contributed by atoms with Crippen LogP contribution in [0.2, 0.25) is 0 Å². The highest BCUT2D eigenvalue weighted by molar-refractivity contribution is 5.85. The number of hydrogen-bond donors (Lipinski definition) is 2. The quantitative estimate of drug-likeness (QED) is 0.826. The van der Waals surface area contributed by atoms with Crippen LogP contribution in [0.3, 0.4) is 0 Å². The van der Waals surface area contributed by atoms with Gasteiger partial charge in [-0.3, -0.25) is 9.48 Å². The van der Waals surface area contributed by atoms with E-state index in [-0.39, 0.29) is 31.4 Å². The Bertz CT molecular complexity index is 321. The van der Waals surface area contributed by atoms with E-state index < -0.39 is 24.9 Å². The summed E-state index contributed by atoms with van der Waals surface area (Å²) in [5.41, 5.74) is 4.81. The number of nitrogens with two attached hydrogens (primary N) is 1. The van der Waals surface area contributed by atoms with Gasteiger partial charge in [-0.05, 0) is 6.07 Å². The van der Waals surface area contributed by atoms with Crippen molar-refractivity contribution in [3.05, 3.63) is 18.5 Å². The fourth-order valence-corrected chi connectivity index (χ4v) is 0.897. The lowest BCUT2D eigenvalue weighted by atomic mass is 10.3. The largest absolute Gasteiger partial charge is 0.348 e. The molecule has 0 saturated carbocycles. The summed E-state index contributed by atoms with van der Waals surface area (Å²) in [5.74, 6) is -3.58. The Morgan fingerprint density at radius 3 is 2.59 bits per heavy atom. The Hall–Kier alpha value is -0.920. The van der Waals surface area contributed by atoms with Crippen LogP contribution in [0.15, 0.2) is 18.5 Å². The van der Waals surface area contributed by atoms with Crippen LogP contribution in [0, 0.1) is 0 Å². The van der Waals surface area contributed by atoms with Crippen LogP contribution in [0.25, 0.3) is 0 Å². The van der Waals surface area contributed by atoms with E-state index in [1.807, 2.05) is 0 Å². The molecule has 3 N–H and O–H groups in total. The molecule has 1 aromatic rings. The molecule has 0 aromatic carbocycles. The van der Waals surface area contributed by atoms with Crippen molar-refractivity contribution >= 4 is 30.7 Å². The van der Waals surface area contributed by atoms with Crippen molar-refractivity contribution in [2.75, 3.05) is 13.1 Å². The molecule has 0 aliphatic rings. The predicted molar refractivity (Wildman–Crippen MR) is 63.7 cm³/mol. The van der Waals surface area contributed by atoms with Crippen LogP contribution in [0.1, 0.15) is 0 Å². The fourth-order valence-electron chi connectivity index (χ4n) is 0.897. The highest BCUT2D eigenvalue weighted by atomic mass is 35.5. The molecule has 1 heterocycles. The van der Waals surface area contributed by atoms with E-state index in [4.69, 9.17) is 5.73 Å². The van der Waals surface area contributed by atoms with Gasteiger partial charge in [0.25, 0.3) is 5.92 Å². The first-order chi connectivity index (χ1) is 7.03. The topological polar surface area (TPSA) is 72.9 Å². The number of halogens is 4. The molecule has 0 spiro atoms. The lowest BCUT2D eigenvalue weighted by Crippen LogP contribution is -2.42. The van der Waals surface area contributed by atoms with Crippen molar-refractivity contribution < 1.29 is 13.6 Å². The summed E-state index contributed by atoms with van der Waals surface area (Å²) in [6.45, 7) is -1.60. The number of nitrogens with zero attached hydrogens (tertiary/aromatic N) is 2. The molecule has 0 radical (unpaired) electrons. The summed E-state index contributed by atoms with van der Waals surface area (Å²) < 4.78 is 26.6. The van der Waals surface area contributed by atoms with E-state index in [1.165, 1.54) is 10.9 Å². The van der Waals surface area contributed by atoms with Crippen LogP contribution in [0.5, 0.6) is 0 Å². The number of carbonyl (C=O) groups is 1. The maximum atomic E-state index is 12.6. The van der Waals surface area contributed by atoms with Gasteiger partial charge in [0.1, 0.15) is 6.54 Å². The van der Waals surface area contributed by atoms with Gasteiger partial charge in [-0.1, -0.05) is 0 Å². The summed E-state index contributed by atoms with van der Waals surface area (Å²) >= 11 is 0. The monoisotopic (exact) mass is 290 g/mol. The van der Waals surface area contributed by atoms with Crippen LogP contribution in [0.4, 0.5) is 8.78 Å². The number of nitrogens with one attached hydrogen (secondary N) is 1. The molecule has 9 heteroatoms. The maximum Gasteiger partial charge on any atom is 0.277 e. The number of hydrogen-bond acceptors (Lipinski definition) is 3. The second-order valence-corrected chi connectivity index (χ2v) is 3.04. The van der Waals surface area contributed by atoms with E-state index in [0.29, 0.717) is 0 Å². The molecule has 17 heavy (non-hydrogen) atoms. The average molecular weight is 291 g/mol. The third-order valence-electron chi connectivity index (χ3n) is 1.71. The Balaban J connectivity index is 0. The van der Waals surface area contributed by atoms with E-state index in [2.05, 4.69) is 10.4 Å². The van der Waals surface area contributed by atoms with Crippen molar-refractivity contribution in [3.8, 4) is 0 Å². The molecule has 5 nitrogen and oxygen atoms in total. The Morgan fingerprint density at radius 2 is 2.12 bits per heavy atom. The van der Waals surface area contributed by atoms with Crippen molar-refractivity contribution in [1.29, 1.82) is 0 Å². The highest BCUT2D eigenvalue weighted by Gasteiger charge is 2.27. The SMILES string of the molecule is Cl.Cl.NCC(F)(F)CNC(=O)Cn1cccn1. The molecule has 1 rings (SSSR count). The van der Waals surface area contributed by atoms with E-state index >= 15 is 0 Å². The molecule has 1 aromatic heterocycles. The molecule has 0 saturated heterocycles. The third-order valence-corrected chi connectivity index (χ3v) is 1.71. The van der Waals surface area contributed by atoms with Gasteiger partial charge in [0.05, 0.1) is 13.1 Å². The van der Waals surface area contributed by atoms with Gasteiger partial charge in [0.15, 0.2) is 0 Å². The maximum absolute atomic E-state index is 12.6. The van der Waals surface area contributed by atoms with Crippen LogP contribution in [-0.4, -0.2) is 34.7 Å². The molecule has 0 aliphatic heterocycles. The zero-order valence-corrected chi connectivity index (χ0v) is 10.4. The minimum atomic E-state index is -3.06. The van der Waals surface area contributed by atoms with Crippen molar-refractivity contribution in [1.82, 2.24) is 15.1 Å². The second kappa shape index (κ2) is 8.21. The fraction of sp³-hybridized carbons (Fsp3) is 0.500. The molecule has 0 aliphatic carbocycles. The zero-order valence-electron chi connectivity index (χ0n) is 8.81. The van der Waals surface area contributed by atoms with Crippen LogP contribution < -0.4 is 11.1 Å². The zero-order chi connectivity index (χ0) is 11.3. The second-order valence-electron chi connectivity index (χ2n) is 3.04. The van der Waals surface area contributed by atoms with Crippen molar-refractivity contribution in [3.63, 3.8) is 0 Å². The smallest absolute Gasteiger partial charge is 0.277 e. The molecule has 0 atom stereocenters. The Labute approximate surface area is 110 Å². The number of amides is 1. The van der Waals surface area contributed by atoms with Gasteiger partial charge in [-0.2, -0.15) is 5.10 Å². The highest BCUT2D eigenvalue weighted by Crippen LogP contribution is 2.08. The van der Waals surface area contributed by atoms with Gasteiger partial charge in [0.2, 0.25) is 5.91 Å². The van der Waals surface area contributed by atoms with Crippen molar-refractivity contribution in [2.45, 2.75) is 12.5 Å². The van der Waals surface area contributed by atoms with E-state index in [9.17, 15) is 13.6 Å². The van der Waals surface area contributed by atoms with Crippen LogP contribution in [-0.2, 0) is 11.3 Å². The molecule has 0 bridgehead atoms. The average Bonchev–Trinajstić information content (AvgIpc) is 2.68. The summed E-state index contributed by atoms with van der Waals surface area (Å²) in [6.07, 6.45) is 3.07. The first kappa shape index (κ1) is 18.4.